The number of anilines is 2. The van der Waals surface area contributed by atoms with Gasteiger partial charge in [-0.3, -0.25) is 4.72 Å². The predicted molar refractivity (Wildman–Crippen MR) is 74.6 cm³/mol. The number of halogens is 2. The third-order valence-electron chi connectivity index (χ3n) is 2.68. The van der Waals surface area contributed by atoms with E-state index >= 15 is 0 Å². The van der Waals surface area contributed by atoms with Gasteiger partial charge in [0.15, 0.2) is 5.82 Å². The minimum absolute atomic E-state index is 0.0867. The summed E-state index contributed by atoms with van der Waals surface area (Å²) in [6, 6.07) is 3.08. The molecule has 0 atom stereocenters. The van der Waals surface area contributed by atoms with E-state index < -0.39 is 15.8 Å². The fourth-order valence-corrected chi connectivity index (χ4v) is 3.28. The fourth-order valence-electron chi connectivity index (χ4n) is 1.66. The van der Waals surface area contributed by atoms with Crippen LogP contribution in [0.15, 0.2) is 23.1 Å². The van der Waals surface area contributed by atoms with Gasteiger partial charge in [0.2, 0.25) is 0 Å². The van der Waals surface area contributed by atoms with Crippen LogP contribution in [0.3, 0.4) is 0 Å². The Bertz CT molecular complexity index is 773. The number of rotatable bonds is 3. The topological polar surface area (TPSA) is 90.0 Å². The van der Waals surface area contributed by atoms with Crippen LogP contribution in [0, 0.1) is 12.7 Å². The molecule has 0 aliphatic carbocycles. The number of nitrogens with one attached hydrogen (secondary N) is 1. The molecule has 0 unspecified atom stereocenters. The molecule has 1 heterocycles. The highest BCUT2D eigenvalue weighted by molar-refractivity contribution is 7.92. The van der Waals surface area contributed by atoms with Crippen LogP contribution >= 0.6 is 11.6 Å². The molecule has 2 aromatic rings. The molecular formula is C11H12ClFN4O2S. The van der Waals surface area contributed by atoms with E-state index in [1.165, 1.54) is 17.8 Å². The third-order valence-corrected chi connectivity index (χ3v) is 4.50. The molecule has 0 bridgehead atoms. The van der Waals surface area contributed by atoms with Crippen molar-refractivity contribution in [2.24, 2.45) is 7.05 Å². The molecule has 0 aliphatic rings. The monoisotopic (exact) mass is 318 g/mol. The summed E-state index contributed by atoms with van der Waals surface area (Å²) in [7, 11) is -2.52. The van der Waals surface area contributed by atoms with Crippen LogP contribution < -0.4 is 10.5 Å². The SMILES string of the molecule is Cc1nn(C)c(NS(=O)(=O)c2cc(F)ccc2Cl)c1N. The molecule has 1 aromatic carbocycles. The molecule has 0 radical (unpaired) electrons. The molecule has 6 nitrogen and oxygen atoms in total. The molecule has 0 aliphatic heterocycles. The van der Waals surface area contributed by atoms with Gasteiger partial charge in [-0.05, 0) is 25.1 Å². The van der Waals surface area contributed by atoms with E-state index in [-0.39, 0.29) is 21.4 Å². The van der Waals surface area contributed by atoms with Gasteiger partial charge in [-0.2, -0.15) is 5.10 Å². The number of nitrogen functional groups attached to an aromatic ring is 1. The van der Waals surface area contributed by atoms with Crippen molar-refractivity contribution < 1.29 is 12.8 Å². The number of nitrogens with two attached hydrogens (primary N) is 1. The van der Waals surface area contributed by atoms with Crippen LogP contribution in [0.1, 0.15) is 5.69 Å². The van der Waals surface area contributed by atoms with Crippen molar-refractivity contribution in [3.05, 3.63) is 34.7 Å². The van der Waals surface area contributed by atoms with Crippen molar-refractivity contribution in [2.45, 2.75) is 11.8 Å². The molecular weight excluding hydrogens is 307 g/mol. The van der Waals surface area contributed by atoms with Gasteiger partial charge >= 0.3 is 0 Å². The van der Waals surface area contributed by atoms with E-state index in [1.54, 1.807) is 6.92 Å². The van der Waals surface area contributed by atoms with Gasteiger partial charge in [0.25, 0.3) is 10.0 Å². The Morgan fingerprint density at radius 1 is 1.45 bits per heavy atom. The van der Waals surface area contributed by atoms with E-state index in [2.05, 4.69) is 9.82 Å². The molecule has 9 heteroatoms. The van der Waals surface area contributed by atoms with E-state index in [1.807, 2.05) is 0 Å². The van der Waals surface area contributed by atoms with Crippen molar-refractivity contribution in [2.75, 3.05) is 10.5 Å². The molecule has 0 saturated heterocycles. The molecule has 20 heavy (non-hydrogen) atoms. The lowest BCUT2D eigenvalue weighted by molar-refractivity contribution is 0.594. The lowest BCUT2D eigenvalue weighted by Gasteiger charge is -2.10. The Balaban J connectivity index is 2.49. The van der Waals surface area contributed by atoms with Crippen LogP contribution in [-0.4, -0.2) is 18.2 Å². The Kier molecular flexibility index (Phi) is 3.61. The normalized spacial score (nSPS) is 11.6. The fraction of sp³-hybridized carbons (Fsp3) is 0.182. The van der Waals surface area contributed by atoms with Gasteiger partial charge in [-0.1, -0.05) is 11.6 Å². The Morgan fingerprint density at radius 3 is 2.65 bits per heavy atom. The molecule has 1 aromatic heterocycles. The van der Waals surface area contributed by atoms with Gasteiger partial charge in [-0.25, -0.2) is 17.5 Å². The largest absolute Gasteiger partial charge is 0.394 e. The Hall–Kier alpha value is -1.80. The summed E-state index contributed by atoms with van der Waals surface area (Å²) in [5.74, 6) is -0.605. The summed E-state index contributed by atoms with van der Waals surface area (Å²) in [4.78, 5) is -0.364. The van der Waals surface area contributed by atoms with Crippen molar-refractivity contribution >= 4 is 33.1 Å². The first-order valence-corrected chi connectivity index (χ1v) is 7.35. The number of aromatic nitrogens is 2. The summed E-state index contributed by atoms with van der Waals surface area (Å²) in [5.41, 5.74) is 6.42. The number of hydrogen-bond acceptors (Lipinski definition) is 4. The lowest BCUT2D eigenvalue weighted by Crippen LogP contribution is -2.17. The number of sulfonamides is 1. The second-order valence-corrected chi connectivity index (χ2v) is 6.21. The average molecular weight is 319 g/mol. The minimum Gasteiger partial charge on any atom is -0.394 e. The van der Waals surface area contributed by atoms with Crippen LogP contribution in [0.2, 0.25) is 5.02 Å². The highest BCUT2D eigenvalue weighted by Crippen LogP contribution is 2.27. The maximum atomic E-state index is 13.2. The van der Waals surface area contributed by atoms with Crippen molar-refractivity contribution in [1.29, 1.82) is 0 Å². The zero-order chi connectivity index (χ0) is 15.1. The number of aryl methyl sites for hydroxylation is 2. The first kappa shape index (κ1) is 14.6. The summed E-state index contributed by atoms with van der Waals surface area (Å²) >= 11 is 5.79. The van der Waals surface area contributed by atoms with E-state index in [9.17, 15) is 12.8 Å². The molecule has 3 N–H and O–H groups in total. The summed E-state index contributed by atoms with van der Waals surface area (Å²) in [5, 5.41) is 3.90. The smallest absolute Gasteiger partial charge is 0.264 e. The molecule has 0 saturated carbocycles. The second kappa shape index (κ2) is 4.95. The summed E-state index contributed by atoms with van der Waals surface area (Å²) < 4.78 is 41.2. The first-order chi connectivity index (χ1) is 9.22. The van der Waals surface area contributed by atoms with Gasteiger partial charge in [0.1, 0.15) is 10.7 Å². The second-order valence-electron chi connectivity index (χ2n) is 4.15. The highest BCUT2D eigenvalue weighted by Gasteiger charge is 2.22. The maximum absolute atomic E-state index is 13.2. The lowest BCUT2D eigenvalue weighted by atomic mass is 10.3. The molecule has 0 spiro atoms. The van der Waals surface area contributed by atoms with E-state index in [0.717, 1.165) is 12.1 Å². The molecule has 108 valence electrons. The van der Waals surface area contributed by atoms with Crippen LogP contribution in [0.25, 0.3) is 0 Å². The number of benzene rings is 1. The van der Waals surface area contributed by atoms with Gasteiger partial charge in [0.05, 0.1) is 16.4 Å². The zero-order valence-electron chi connectivity index (χ0n) is 10.7. The van der Waals surface area contributed by atoms with Crippen LogP contribution in [0.5, 0.6) is 0 Å². The minimum atomic E-state index is -4.06. The van der Waals surface area contributed by atoms with Crippen LogP contribution in [0.4, 0.5) is 15.9 Å². The summed E-state index contributed by atoms with van der Waals surface area (Å²) in [6.45, 7) is 1.64. The van der Waals surface area contributed by atoms with Crippen molar-refractivity contribution in [1.82, 2.24) is 9.78 Å². The van der Waals surface area contributed by atoms with Gasteiger partial charge in [0, 0.05) is 7.05 Å². The Morgan fingerprint density at radius 2 is 2.10 bits per heavy atom. The van der Waals surface area contributed by atoms with E-state index in [4.69, 9.17) is 17.3 Å². The molecule has 2 rings (SSSR count). The number of nitrogens with zero attached hydrogens (tertiary/aromatic N) is 2. The number of hydrogen-bond donors (Lipinski definition) is 2. The summed E-state index contributed by atoms with van der Waals surface area (Å²) in [6.07, 6.45) is 0. The zero-order valence-corrected chi connectivity index (χ0v) is 12.3. The molecule has 0 fully saturated rings. The standard InChI is InChI=1S/C11H12ClFN4O2S/c1-6-10(14)11(17(2)15-6)16-20(18,19)9-5-7(13)3-4-8(9)12/h3-5,16H,14H2,1-2H3. The van der Waals surface area contributed by atoms with Crippen LogP contribution in [-0.2, 0) is 17.1 Å². The third kappa shape index (κ3) is 2.56. The first-order valence-electron chi connectivity index (χ1n) is 5.49. The van der Waals surface area contributed by atoms with Crippen molar-refractivity contribution in [3.63, 3.8) is 0 Å². The van der Waals surface area contributed by atoms with Gasteiger partial charge in [-0.15, -0.1) is 0 Å². The predicted octanol–water partition coefficient (Wildman–Crippen LogP) is 1.90. The van der Waals surface area contributed by atoms with Crippen molar-refractivity contribution in [3.8, 4) is 0 Å². The van der Waals surface area contributed by atoms with E-state index in [0.29, 0.717) is 5.69 Å². The average Bonchev–Trinajstić information content (AvgIpc) is 2.59. The highest BCUT2D eigenvalue weighted by atomic mass is 35.5. The Labute approximate surface area is 120 Å². The van der Waals surface area contributed by atoms with Gasteiger partial charge < -0.3 is 5.73 Å². The maximum Gasteiger partial charge on any atom is 0.264 e. The molecule has 0 amide bonds. The quantitative estimate of drug-likeness (QED) is 0.904.